The quantitative estimate of drug-likeness (QED) is 0.646. The SMILES string of the molecule is Cc1ccc(OC(=O)Cn2ccc(C(F)(F)F)n2)c(C)c1. The van der Waals surface area contributed by atoms with Crippen LogP contribution in [-0.4, -0.2) is 15.7 Å². The molecule has 1 aromatic heterocycles. The van der Waals surface area contributed by atoms with Gasteiger partial charge in [-0.25, -0.2) is 4.79 Å². The molecule has 0 N–H and O–H groups in total. The van der Waals surface area contributed by atoms with Crippen LogP contribution in [-0.2, 0) is 17.5 Å². The third-order valence-corrected chi connectivity index (χ3v) is 2.78. The fourth-order valence-electron chi connectivity index (χ4n) is 1.80. The van der Waals surface area contributed by atoms with Crippen LogP contribution in [0.5, 0.6) is 5.75 Å². The molecule has 0 aliphatic heterocycles. The second-order valence-corrected chi connectivity index (χ2v) is 4.64. The van der Waals surface area contributed by atoms with Crippen LogP contribution >= 0.6 is 0 Å². The summed E-state index contributed by atoms with van der Waals surface area (Å²) < 4.78 is 43.2. The molecule has 0 atom stereocenters. The Morgan fingerprint density at radius 3 is 2.57 bits per heavy atom. The summed E-state index contributed by atoms with van der Waals surface area (Å²) in [4.78, 5) is 11.7. The van der Waals surface area contributed by atoms with E-state index in [9.17, 15) is 18.0 Å². The summed E-state index contributed by atoms with van der Waals surface area (Å²) in [6, 6.07) is 6.08. The lowest BCUT2D eigenvalue weighted by Crippen LogP contribution is -2.18. The maximum atomic E-state index is 12.4. The molecule has 112 valence electrons. The van der Waals surface area contributed by atoms with Gasteiger partial charge in [0.05, 0.1) is 0 Å². The Morgan fingerprint density at radius 1 is 1.29 bits per heavy atom. The molecule has 2 rings (SSSR count). The second kappa shape index (κ2) is 5.59. The topological polar surface area (TPSA) is 44.1 Å². The van der Waals surface area contributed by atoms with Gasteiger partial charge in [-0.3, -0.25) is 4.68 Å². The van der Waals surface area contributed by atoms with Crippen LogP contribution in [0.3, 0.4) is 0 Å². The van der Waals surface area contributed by atoms with Crippen molar-refractivity contribution < 1.29 is 22.7 Å². The normalized spacial score (nSPS) is 11.5. The minimum atomic E-state index is -4.53. The van der Waals surface area contributed by atoms with Crippen molar-refractivity contribution in [3.05, 3.63) is 47.3 Å². The summed E-state index contributed by atoms with van der Waals surface area (Å²) in [5, 5.41) is 3.29. The lowest BCUT2D eigenvalue weighted by molar-refractivity contribution is -0.142. The van der Waals surface area contributed by atoms with Crippen molar-refractivity contribution in [3.63, 3.8) is 0 Å². The summed E-state index contributed by atoms with van der Waals surface area (Å²) in [7, 11) is 0. The Balaban J connectivity index is 2.03. The summed E-state index contributed by atoms with van der Waals surface area (Å²) >= 11 is 0. The summed E-state index contributed by atoms with van der Waals surface area (Å²) in [6.07, 6.45) is -3.44. The third kappa shape index (κ3) is 3.84. The van der Waals surface area contributed by atoms with Crippen LogP contribution in [0, 0.1) is 13.8 Å². The largest absolute Gasteiger partial charge is 0.435 e. The maximum Gasteiger partial charge on any atom is 0.435 e. The highest BCUT2D eigenvalue weighted by Gasteiger charge is 2.33. The van der Waals surface area contributed by atoms with E-state index in [0.717, 1.165) is 28.1 Å². The van der Waals surface area contributed by atoms with Gasteiger partial charge in [0.15, 0.2) is 5.69 Å². The first-order chi connectivity index (χ1) is 9.75. The van der Waals surface area contributed by atoms with Crippen LogP contribution in [0.15, 0.2) is 30.5 Å². The van der Waals surface area contributed by atoms with Gasteiger partial charge in [0.25, 0.3) is 0 Å². The van der Waals surface area contributed by atoms with Gasteiger partial charge in [0.1, 0.15) is 12.3 Å². The summed E-state index contributed by atoms with van der Waals surface area (Å²) in [5.74, 6) is -0.299. The van der Waals surface area contributed by atoms with Crippen LogP contribution in [0.4, 0.5) is 13.2 Å². The molecule has 0 aliphatic rings. The number of esters is 1. The van der Waals surface area contributed by atoms with E-state index in [1.807, 2.05) is 13.0 Å². The smallest absolute Gasteiger partial charge is 0.425 e. The molecular weight excluding hydrogens is 285 g/mol. The summed E-state index contributed by atoms with van der Waals surface area (Å²) in [6.45, 7) is 3.30. The number of hydrogen-bond acceptors (Lipinski definition) is 3. The number of hydrogen-bond donors (Lipinski definition) is 0. The molecular formula is C14H13F3N2O2. The zero-order chi connectivity index (χ0) is 15.6. The van der Waals surface area contributed by atoms with E-state index in [-0.39, 0.29) is 6.54 Å². The van der Waals surface area contributed by atoms with Crippen LogP contribution < -0.4 is 4.74 Å². The van der Waals surface area contributed by atoms with Crippen LogP contribution in [0.2, 0.25) is 0 Å². The lowest BCUT2D eigenvalue weighted by Gasteiger charge is -2.08. The Hall–Kier alpha value is -2.31. The molecule has 2 aromatic rings. The number of halogens is 3. The number of benzene rings is 1. The first-order valence-corrected chi connectivity index (χ1v) is 6.14. The molecule has 0 unspecified atom stereocenters. The van der Waals surface area contributed by atoms with Gasteiger partial charge >= 0.3 is 12.1 Å². The fourth-order valence-corrected chi connectivity index (χ4v) is 1.80. The van der Waals surface area contributed by atoms with Gasteiger partial charge in [0.2, 0.25) is 0 Å². The first-order valence-electron chi connectivity index (χ1n) is 6.14. The van der Waals surface area contributed by atoms with E-state index in [1.165, 1.54) is 0 Å². The number of carbonyl (C=O) groups is 1. The minimum absolute atomic E-state index is 0.383. The number of aryl methyl sites for hydroxylation is 2. The monoisotopic (exact) mass is 298 g/mol. The van der Waals surface area contributed by atoms with Gasteiger partial charge in [-0.05, 0) is 31.5 Å². The van der Waals surface area contributed by atoms with Crippen molar-refractivity contribution in [3.8, 4) is 5.75 Å². The second-order valence-electron chi connectivity index (χ2n) is 4.64. The first kappa shape index (κ1) is 15.1. The highest BCUT2D eigenvalue weighted by atomic mass is 19.4. The number of alkyl halides is 3. The van der Waals surface area contributed by atoms with Crippen molar-refractivity contribution in [1.82, 2.24) is 9.78 Å². The van der Waals surface area contributed by atoms with Crippen LogP contribution in [0.1, 0.15) is 16.8 Å². The molecule has 4 nitrogen and oxygen atoms in total. The molecule has 1 heterocycles. The van der Waals surface area contributed by atoms with Gasteiger partial charge in [-0.15, -0.1) is 0 Å². The zero-order valence-corrected chi connectivity index (χ0v) is 11.4. The molecule has 0 fully saturated rings. The molecule has 0 saturated carbocycles. The Labute approximate surface area is 119 Å². The molecule has 1 aromatic carbocycles. The van der Waals surface area contributed by atoms with Crippen molar-refractivity contribution in [2.75, 3.05) is 0 Å². The highest BCUT2D eigenvalue weighted by molar-refractivity contribution is 5.72. The van der Waals surface area contributed by atoms with Gasteiger partial charge in [-0.1, -0.05) is 17.7 Å². The standard InChI is InChI=1S/C14H13F3N2O2/c1-9-3-4-11(10(2)7-9)21-13(20)8-19-6-5-12(18-19)14(15,16)17/h3-7H,8H2,1-2H3. The van der Waals surface area contributed by atoms with Crippen molar-refractivity contribution in [2.24, 2.45) is 0 Å². The molecule has 0 aliphatic carbocycles. The predicted molar refractivity (Wildman–Crippen MR) is 68.8 cm³/mol. The van der Waals surface area contributed by atoms with E-state index in [0.29, 0.717) is 5.75 Å². The van der Waals surface area contributed by atoms with E-state index in [2.05, 4.69) is 5.10 Å². The van der Waals surface area contributed by atoms with E-state index >= 15 is 0 Å². The molecule has 0 radical (unpaired) electrons. The molecule has 0 bridgehead atoms. The lowest BCUT2D eigenvalue weighted by atomic mass is 10.1. The average Bonchev–Trinajstić information content (AvgIpc) is 2.81. The number of carbonyl (C=O) groups excluding carboxylic acids is 1. The minimum Gasteiger partial charge on any atom is -0.425 e. The average molecular weight is 298 g/mol. The van der Waals surface area contributed by atoms with E-state index in [4.69, 9.17) is 4.74 Å². The van der Waals surface area contributed by atoms with Gasteiger partial charge < -0.3 is 4.74 Å². The van der Waals surface area contributed by atoms with E-state index < -0.39 is 17.8 Å². The Bertz CT molecular complexity index is 662. The van der Waals surface area contributed by atoms with E-state index in [1.54, 1.807) is 19.1 Å². The Morgan fingerprint density at radius 2 is 2.00 bits per heavy atom. The number of rotatable bonds is 3. The number of nitrogens with zero attached hydrogens (tertiary/aromatic N) is 2. The van der Waals surface area contributed by atoms with Gasteiger partial charge in [0, 0.05) is 6.20 Å². The highest BCUT2D eigenvalue weighted by Crippen LogP contribution is 2.27. The van der Waals surface area contributed by atoms with Crippen LogP contribution in [0.25, 0.3) is 0 Å². The maximum absolute atomic E-state index is 12.4. The van der Waals surface area contributed by atoms with Gasteiger partial charge in [-0.2, -0.15) is 18.3 Å². The predicted octanol–water partition coefficient (Wildman–Crippen LogP) is 3.12. The van der Waals surface area contributed by atoms with Crippen molar-refractivity contribution in [1.29, 1.82) is 0 Å². The number of ether oxygens (including phenoxy) is 1. The number of aromatic nitrogens is 2. The fraction of sp³-hybridized carbons (Fsp3) is 0.286. The molecule has 7 heteroatoms. The van der Waals surface area contributed by atoms with Crippen molar-refractivity contribution >= 4 is 5.97 Å². The molecule has 0 spiro atoms. The van der Waals surface area contributed by atoms with Crippen molar-refractivity contribution in [2.45, 2.75) is 26.6 Å². The summed E-state index contributed by atoms with van der Waals surface area (Å²) in [5.41, 5.74) is 0.760. The Kier molecular flexibility index (Phi) is 4.02. The molecule has 0 amide bonds. The molecule has 21 heavy (non-hydrogen) atoms. The third-order valence-electron chi connectivity index (χ3n) is 2.78. The molecule has 0 saturated heterocycles. The zero-order valence-electron chi connectivity index (χ0n) is 11.4.